The minimum atomic E-state index is 0.472. The van der Waals surface area contributed by atoms with E-state index in [2.05, 4.69) is 21.3 Å². The Balaban J connectivity index is 1.35. The third-order valence-electron chi connectivity index (χ3n) is 5.54. The topological polar surface area (TPSA) is 46.6 Å². The number of rotatable bonds is 8. The van der Waals surface area contributed by atoms with Gasteiger partial charge in [0.2, 0.25) is 0 Å². The summed E-state index contributed by atoms with van der Waals surface area (Å²) in [5, 5.41) is 3.73. The first-order valence-electron chi connectivity index (χ1n) is 9.99. The molecule has 0 amide bonds. The van der Waals surface area contributed by atoms with Crippen LogP contribution in [-0.4, -0.2) is 42.2 Å². The summed E-state index contributed by atoms with van der Waals surface area (Å²) in [5.74, 6) is 1.75. The molecule has 0 bridgehead atoms. The van der Waals surface area contributed by atoms with E-state index in [1.54, 1.807) is 13.3 Å². The normalized spacial score (nSPS) is 18.4. The lowest BCUT2D eigenvalue weighted by atomic mass is 10.0. The third kappa shape index (κ3) is 4.99. The van der Waals surface area contributed by atoms with Crippen LogP contribution in [0.3, 0.4) is 0 Å². The van der Waals surface area contributed by atoms with Gasteiger partial charge in [-0.05, 0) is 69.1 Å². The summed E-state index contributed by atoms with van der Waals surface area (Å²) in [4.78, 5) is 6.99. The first-order valence-corrected chi connectivity index (χ1v) is 9.99. The van der Waals surface area contributed by atoms with E-state index in [0.717, 1.165) is 35.3 Å². The third-order valence-corrected chi connectivity index (χ3v) is 5.54. The molecule has 0 radical (unpaired) electrons. The number of aromatic nitrogens is 1. The highest BCUT2D eigenvalue weighted by Gasteiger charge is 2.31. The molecule has 1 saturated heterocycles. The zero-order valence-electron chi connectivity index (χ0n) is 16.1. The van der Waals surface area contributed by atoms with Gasteiger partial charge in [0.25, 0.3) is 0 Å². The summed E-state index contributed by atoms with van der Waals surface area (Å²) in [7, 11) is 1.70. The lowest BCUT2D eigenvalue weighted by molar-refractivity contribution is 0.188. The van der Waals surface area contributed by atoms with Gasteiger partial charge in [0.1, 0.15) is 18.1 Å². The molecule has 1 saturated carbocycles. The van der Waals surface area contributed by atoms with E-state index >= 15 is 0 Å². The molecule has 27 heavy (non-hydrogen) atoms. The number of hydrogen-bond donors (Lipinski definition) is 1. The van der Waals surface area contributed by atoms with E-state index in [4.69, 9.17) is 9.47 Å². The van der Waals surface area contributed by atoms with Crippen LogP contribution in [0.25, 0.3) is 0 Å². The van der Waals surface area contributed by atoms with Crippen molar-refractivity contribution in [2.24, 2.45) is 0 Å². The minimum absolute atomic E-state index is 0.472. The summed E-state index contributed by atoms with van der Waals surface area (Å²) in [6, 6.07) is 13.4. The van der Waals surface area contributed by atoms with Crippen molar-refractivity contribution in [2.45, 2.75) is 50.9 Å². The molecule has 1 aliphatic carbocycles. The lowest BCUT2D eigenvalue weighted by Gasteiger charge is -2.32. The van der Waals surface area contributed by atoms with Gasteiger partial charge in [-0.1, -0.05) is 6.07 Å². The van der Waals surface area contributed by atoms with Crippen molar-refractivity contribution in [3.05, 3.63) is 53.9 Å². The quantitative estimate of drug-likeness (QED) is 0.775. The average molecular weight is 367 g/mol. The Morgan fingerprint density at radius 2 is 1.96 bits per heavy atom. The smallest absolute Gasteiger partial charge is 0.130 e. The lowest BCUT2D eigenvalue weighted by Crippen LogP contribution is -2.43. The highest BCUT2D eigenvalue weighted by atomic mass is 16.5. The zero-order chi connectivity index (χ0) is 18.5. The number of nitrogens with one attached hydrogen (secondary N) is 1. The van der Waals surface area contributed by atoms with E-state index < -0.39 is 0 Å². The first kappa shape index (κ1) is 18.3. The van der Waals surface area contributed by atoms with Crippen LogP contribution in [0.5, 0.6) is 11.5 Å². The fourth-order valence-electron chi connectivity index (χ4n) is 3.76. The molecule has 1 aromatic heterocycles. The van der Waals surface area contributed by atoms with Crippen LogP contribution in [0.2, 0.25) is 0 Å². The summed E-state index contributed by atoms with van der Waals surface area (Å²) < 4.78 is 11.5. The maximum absolute atomic E-state index is 6.05. The number of hydrogen-bond acceptors (Lipinski definition) is 5. The van der Waals surface area contributed by atoms with Gasteiger partial charge in [-0.15, -0.1) is 0 Å². The molecule has 2 aliphatic rings. The van der Waals surface area contributed by atoms with Crippen LogP contribution in [0.1, 0.15) is 36.9 Å². The minimum Gasteiger partial charge on any atom is -0.497 e. The van der Waals surface area contributed by atoms with Gasteiger partial charge in [-0.25, -0.2) is 0 Å². The van der Waals surface area contributed by atoms with Crippen LogP contribution >= 0.6 is 0 Å². The van der Waals surface area contributed by atoms with Crippen LogP contribution in [-0.2, 0) is 13.2 Å². The second kappa shape index (κ2) is 8.72. The Morgan fingerprint density at radius 3 is 2.67 bits per heavy atom. The standard InChI is InChI=1S/C22H29N3O2/c1-26-21-7-8-22(27-16-19-4-2-3-11-23-19)17(14-21)15-24-18-9-12-25(13-10-18)20-5-6-20/h2-4,7-8,11,14,18,20,24H,5-6,9-10,12-13,15-16H2,1H3. The predicted octanol–water partition coefficient (Wildman–Crippen LogP) is 3.39. The van der Waals surface area contributed by atoms with Gasteiger partial charge in [0.05, 0.1) is 12.8 Å². The Labute approximate surface area is 161 Å². The molecule has 1 aliphatic heterocycles. The monoisotopic (exact) mass is 367 g/mol. The van der Waals surface area contributed by atoms with E-state index in [0.29, 0.717) is 12.6 Å². The maximum atomic E-state index is 6.05. The van der Waals surface area contributed by atoms with Gasteiger partial charge in [-0.2, -0.15) is 0 Å². The predicted molar refractivity (Wildman–Crippen MR) is 106 cm³/mol. The average Bonchev–Trinajstić information content (AvgIpc) is 3.57. The van der Waals surface area contributed by atoms with Crippen LogP contribution in [0.4, 0.5) is 0 Å². The number of ether oxygens (including phenoxy) is 2. The number of likely N-dealkylation sites (tertiary alicyclic amines) is 1. The molecule has 5 nitrogen and oxygen atoms in total. The molecule has 1 N–H and O–H groups in total. The summed E-state index contributed by atoms with van der Waals surface area (Å²) in [6.07, 6.45) is 7.05. The highest BCUT2D eigenvalue weighted by molar-refractivity contribution is 5.40. The number of pyridine rings is 1. The van der Waals surface area contributed by atoms with Gasteiger partial charge < -0.3 is 19.7 Å². The largest absolute Gasteiger partial charge is 0.497 e. The fraction of sp³-hybridized carbons (Fsp3) is 0.500. The molecular weight excluding hydrogens is 338 g/mol. The molecule has 2 fully saturated rings. The summed E-state index contributed by atoms with van der Waals surface area (Å²) in [6.45, 7) is 3.72. The van der Waals surface area contributed by atoms with E-state index in [1.165, 1.54) is 38.8 Å². The van der Waals surface area contributed by atoms with Crippen LogP contribution < -0.4 is 14.8 Å². The zero-order valence-corrected chi connectivity index (χ0v) is 16.1. The van der Waals surface area contributed by atoms with E-state index in [1.807, 2.05) is 30.3 Å². The van der Waals surface area contributed by atoms with Gasteiger partial charge >= 0.3 is 0 Å². The Kier molecular flexibility index (Phi) is 5.90. The van der Waals surface area contributed by atoms with Crippen molar-refractivity contribution < 1.29 is 9.47 Å². The van der Waals surface area contributed by atoms with Crippen LogP contribution in [0.15, 0.2) is 42.6 Å². The molecule has 2 aromatic rings. The van der Waals surface area contributed by atoms with Gasteiger partial charge in [-0.3, -0.25) is 4.98 Å². The molecule has 1 aromatic carbocycles. The summed E-state index contributed by atoms with van der Waals surface area (Å²) in [5.41, 5.74) is 2.06. The van der Waals surface area contributed by atoms with Gasteiger partial charge in [0.15, 0.2) is 0 Å². The maximum Gasteiger partial charge on any atom is 0.130 e. The fourth-order valence-corrected chi connectivity index (χ4v) is 3.76. The van der Waals surface area contributed by atoms with Crippen molar-refractivity contribution in [2.75, 3.05) is 20.2 Å². The number of piperidine rings is 1. The molecular formula is C22H29N3O2. The Hall–Kier alpha value is -2.11. The van der Waals surface area contributed by atoms with Crippen molar-refractivity contribution in [3.63, 3.8) is 0 Å². The molecule has 5 heteroatoms. The van der Waals surface area contributed by atoms with Crippen molar-refractivity contribution in [1.82, 2.24) is 15.2 Å². The number of methoxy groups -OCH3 is 1. The molecule has 2 heterocycles. The molecule has 0 unspecified atom stereocenters. The van der Waals surface area contributed by atoms with Crippen molar-refractivity contribution in [1.29, 1.82) is 0 Å². The first-order chi connectivity index (χ1) is 13.3. The van der Waals surface area contributed by atoms with E-state index in [-0.39, 0.29) is 0 Å². The number of nitrogens with zero attached hydrogens (tertiary/aromatic N) is 2. The van der Waals surface area contributed by atoms with Gasteiger partial charge in [0, 0.05) is 30.4 Å². The highest BCUT2D eigenvalue weighted by Crippen LogP contribution is 2.30. The Bertz CT molecular complexity index is 726. The van der Waals surface area contributed by atoms with Crippen molar-refractivity contribution in [3.8, 4) is 11.5 Å². The molecule has 0 spiro atoms. The molecule has 144 valence electrons. The second-order valence-corrected chi connectivity index (χ2v) is 7.51. The second-order valence-electron chi connectivity index (χ2n) is 7.51. The molecule has 4 rings (SSSR count). The number of benzene rings is 1. The van der Waals surface area contributed by atoms with E-state index in [9.17, 15) is 0 Å². The Morgan fingerprint density at radius 1 is 1.11 bits per heavy atom. The van der Waals surface area contributed by atoms with Crippen molar-refractivity contribution >= 4 is 0 Å². The summed E-state index contributed by atoms with van der Waals surface area (Å²) >= 11 is 0. The molecule has 0 atom stereocenters. The van der Waals surface area contributed by atoms with Crippen LogP contribution in [0, 0.1) is 0 Å². The SMILES string of the molecule is COc1ccc(OCc2ccccn2)c(CNC2CCN(C3CC3)CC2)c1.